The molecule has 1 saturated heterocycles. The van der Waals surface area contributed by atoms with Crippen LogP contribution < -0.4 is 10.2 Å². The number of carbonyl (C=O) groups is 1. The van der Waals surface area contributed by atoms with Crippen LogP contribution in [0, 0.1) is 0 Å². The molecule has 0 spiro atoms. The number of aromatic nitrogens is 1. The van der Waals surface area contributed by atoms with Crippen LogP contribution in [-0.2, 0) is 6.54 Å². The van der Waals surface area contributed by atoms with Gasteiger partial charge in [0.15, 0.2) is 0 Å². The second-order valence-electron chi connectivity index (χ2n) is 5.52. The van der Waals surface area contributed by atoms with Gasteiger partial charge in [-0.25, -0.2) is 9.78 Å². The highest BCUT2D eigenvalue weighted by atomic mass is 32.2. The largest absolute Gasteiger partial charge is 0.363 e. The minimum atomic E-state index is 0.0354. The lowest BCUT2D eigenvalue weighted by Gasteiger charge is -2.27. The van der Waals surface area contributed by atoms with E-state index < -0.39 is 0 Å². The molecule has 116 valence electrons. The van der Waals surface area contributed by atoms with E-state index in [0.717, 1.165) is 35.9 Å². The normalized spacial score (nSPS) is 19.0. The molecule has 6 heteroatoms. The zero-order valence-electron chi connectivity index (χ0n) is 13.0. The van der Waals surface area contributed by atoms with Crippen molar-refractivity contribution in [2.45, 2.75) is 25.9 Å². The number of nitrogens with zero attached hydrogens (tertiary/aromatic N) is 3. The Bertz CT molecular complexity index is 480. The summed E-state index contributed by atoms with van der Waals surface area (Å²) in [5, 5.41) is 3.02. The van der Waals surface area contributed by atoms with Crippen LogP contribution in [0.2, 0.25) is 0 Å². The topological polar surface area (TPSA) is 48.5 Å². The molecule has 5 nitrogen and oxygen atoms in total. The lowest BCUT2D eigenvalue weighted by Crippen LogP contribution is -2.45. The maximum Gasteiger partial charge on any atom is 0.317 e. The van der Waals surface area contributed by atoms with Crippen LogP contribution in [-0.4, -0.2) is 54.1 Å². The third-order valence-corrected chi connectivity index (χ3v) is 4.66. The zero-order chi connectivity index (χ0) is 15.2. The van der Waals surface area contributed by atoms with E-state index in [4.69, 9.17) is 0 Å². The van der Waals surface area contributed by atoms with Crippen LogP contribution in [0.3, 0.4) is 0 Å². The van der Waals surface area contributed by atoms with Crippen molar-refractivity contribution in [2.75, 3.05) is 37.0 Å². The van der Waals surface area contributed by atoms with Gasteiger partial charge in [-0.05, 0) is 36.8 Å². The molecule has 0 aliphatic carbocycles. The van der Waals surface area contributed by atoms with Gasteiger partial charge in [-0.3, -0.25) is 0 Å². The van der Waals surface area contributed by atoms with Gasteiger partial charge in [0.25, 0.3) is 0 Å². The smallest absolute Gasteiger partial charge is 0.317 e. The number of urea groups is 1. The van der Waals surface area contributed by atoms with Gasteiger partial charge in [0.1, 0.15) is 5.82 Å². The van der Waals surface area contributed by atoms with Gasteiger partial charge in [-0.2, -0.15) is 11.8 Å². The fourth-order valence-corrected chi connectivity index (χ4v) is 3.33. The number of hydrogen-bond acceptors (Lipinski definition) is 4. The molecule has 1 aliphatic rings. The van der Waals surface area contributed by atoms with Crippen LogP contribution in [0.25, 0.3) is 0 Å². The highest BCUT2D eigenvalue weighted by Gasteiger charge is 2.21. The fourth-order valence-electron chi connectivity index (χ4n) is 2.29. The summed E-state index contributed by atoms with van der Waals surface area (Å²) in [5.41, 5.74) is 1.07. The molecule has 1 N–H and O–H groups in total. The Morgan fingerprint density at radius 1 is 1.52 bits per heavy atom. The molecule has 0 unspecified atom stereocenters. The first kappa shape index (κ1) is 15.9. The Kier molecular flexibility index (Phi) is 5.73. The molecule has 0 bridgehead atoms. The van der Waals surface area contributed by atoms with E-state index in [1.165, 1.54) is 0 Å². The monoisotopic (exact) mass is 308 g/mol. The van der Waals surface area contributed by atoms with E-state index in [9.17, 15) is 4.79 Å². The molecule has 2 amide bonds. The van der Waals surface area contributed by atoms with E-state index in [0.29, 0.717) is 12.6 Å². The number of thioether (sulfide) groups is 1. The fraction of sp³-hybridized carbons (Fsp3) is 0.600. The quantitative estimate of drug-likeness (QED) is 0.930. The summed E-state index contributed by atoms with van der Waals surface area (Å²) in [6.07, 6.45) is 2.85. The first-order chi connectivity index (χ1) is 10.1. The number of pyridine rings is 1. The Hall–Kier alpha value is -1.43. The molecule has 1 fully saturated rings. The third-order valence-electron chi connectivity index (χ3n) is 3.66. The third kappa shape index (κ3) is 4.52. The zero-order valence-corrected chi connectivity index (χ0v) is 13.8. The van der Waals surface area contributed by atoms with Crippen molar-refractivity contribution in [1.82, 2.24) is 15.2 Å². The van der Waals surface area contributed by atoms with E-state index in [1.54, 1.807) is 6.20 Å². The van der Waals surface area contributed by atoms with Gasteiger partial charge in [0.2, 0.25) is 0 Å². The van der Waals surface area contributed by atoms with Crippen molar-refractivity contribution in [3.63, 3.8) is 0 Å². The molecule has 21 heavy (non-hydrogen) atoms. The number of anilines is 1. The van der Waals surface area contributed by atoms with E-state index in [2.05, 4.69) is 17.2 Å². The molecule has 1 aromatic heterocycles. The summed E-state index contributed by atoms with van der Waals surface area (Å²) in [5.74, 6) is 3.07. The first-order valence-corrected chi connectivity index (χ1v) is 8.48. The molecule has 0 saturated carbocycles. The summed E-state index contributed by atoms with van der Waals surface area (Å²) in [7, 11) is 3.92. The molecule has 0 radical (unpaired) electrons. The van der Waals surface area contributed by atoms with Crippen molar-refractivity contribution in [3.8, 4) is 0 Å². The average molecular weight is 308 g/mol. The predicted octanol–water partition coefficient (Wildman–Crippen LogP) is 2.18. The average Bonchev–Trinajstić information content (AvgIpc) is 2.69. The van der Waals surface area contributed by atoms with Gasteiger partial charge in [0, 0.05) is 45.2 Å². The maximum atomic E-state index is 12.3. The van der Waals surface area contributed by atoms with Crippen LogP contribution in [0.15, 0.2) is 18.3 Å². The Balaban J connectivity index is 1.92. The second kappa shape index (κ2) is 7.54. The van der Waals surface area contributed by atoms with Crippen molar-refractivity contribution >= 4 is 23.6 Å². The predicted molar refractivity (Wildman–Crippen MR) is 88.9 cm³/mol. The minimum absolute atomic E-state index is 0.0354. The number of nitrogens with one attached hydrogen (secondary N) is 1. The SMILES string of the molecule is C[C@@H]1CCSCCN1C(=O)NCc1ccnc(N(C)C)c1. The molecule has 1 aliphatic heterocycles. The van der Waals surface area contributed by atoms with Crippen molar-refractivity contribution < 1.29 is 4.79 Å². The number of hydrogen-bond donors (Lipinski definition) is 1. The molecular formula is C15H24N4OS. The van der Waals surface area contributed by atoms with Crippen LogP contribution in [0.4, 0.5) is 10.6 Å². The van der Waals surface area contributed by atoms with Crippen molar-refractivity contribution in [2.24, 2.45) is 0 Å². The minimum Gasteiger partial charge on any atom is -0.363 e. The molecule has 1 aromatic rings. The summed E-state index contributed by atoms with van der Waals surface area (Å²) >= 11 is 1.92. The van der Waals surface area contributed by atoms with Crippen LogP contribution >= 0.6 is 11.8 Å². The Morgan fingerprint density at radius 3 is 3.10 bits per heavy atom. The standard InChI is InChI=1S/C15H24N4OS/c1-12-5-8-21-9-7-19(12)15(20)17-11-13-4-6-16-14(10-13)18(2)3/h4,6,10,12H,5,7-9,11H2,1-3H3,(H,17,20)/t12-/m1/s1. The van der Waals surface area contributed by atoms with Crippen LogP contribution in [0.1, 0.15) is 18.9 Å². The van der Waals surface area contributed by atoms with Gasteiger partial charge in [-0.1, -0.05) is 0 Å². The number of rotatable bonds is 3. The Morgan fingerprint density at radius 2 is 2.33 bits per heavy atom. The van der Waals surface area contributed by atoms with Gasteiger partial charge >= 0.3 is 6.03 Å². The first-order valence-electron chi connectivity index (χ1n) is 7.32. The highest BCUT2D eigenvalue weighted by molar-refractivity contribution is 7.99. The maximum absolute atomic E-state index is 12.3. The van der Waals surface area contributed by atoms with Gasteiger partial charge in [-0.15, -0.1) is 0 Å². The van der Waals surface area contributed by atoms with Gasteiger partial charge < -0.3 is 15.1 Å². The van der Waals surface area contributed by atoms with E-state index >= 15 is 0 Å². The van der Waals surface area contributed by atoms with Crippen molar-refractivity contribution in [1.29, 1.82) is 0 Å². The number of amides is 2. The summed E-state index contributed by atoms with van der Waals surface area (Å²) in [4.78, 5) is 20.5. The lowest BCUT2D eigenvalue weighted by atomic mass is 10.2. The molecule has 0 aromatic carbocycles. The number of carbonyl (C=O) groups excluding carboxylic acids is 1. The molecule has 2 rings (SSSR count). The van der Waals surface area contributed by atoms with Crippen molar-refractivity contribution in [3.05, 3.63) is 23.9 Å². The molecule has 1 atom stereocenters. The summed E-state index contributed by atoms with van der Waals surface area (Å²) < 4.78 is 0. The summed E-state index contributed by atoms with van der Waals surface area (Å²) in [6.45, 7) is 3.50. The van der Waals surface area contributed by atoms with Gasteiger partial charge in [0.05, 0.1) is 0 Å². The van der Waals surface area contributed by atoms with E-state index in [1.807, 2.05) is 47.8 Å². The second-order valence-corrected chi connectivity index (χ2v) is 6.74. The highest BCUT2D eigenvalue weighted by Crippen LogP contribution is 2.16. The Labute approximate surface area is 131 Å². The molecule has 2 heterocycles. The summed E-state index contributed by atoms with van der Waals surface area (Å²) in [6, 6.07) is 4.29. The lowest BCUT2D eigenvalue weighted by molar-refractivity contribution is 0.182. The van der Waals surface area contributed by atoms with E-state index in [-0.39, 0.29) is 6.03 Å². The van der Waals surface area contributed by atoms with Crippen LogP contribution in [0.5, 0.6) is 0 Å². The molecular weight excluding hydrogens is 284 g/mol.